The van der Waals surface area contributed by atoms with Gasteiger partial charge in [0.2, 0.25) is 0 Å². The second kappa shape index (κ2) is 8.97. The normalized spacial score (nSPS) is 11.4. The van der Waals surface area contributed by atoms with Crippen LogP contribution < -0.4 is 19.8 Å². The molecule has 0 saturated heterocycles. The summed E-state index contributed by atoms with van der Waals surface area (Å²) >= 11 is 0. The first kappa shape index (κ1) is 23.2. The number of benzene rings is 2. The van der Waals surface area contributed by atoms with Gasteiger partial charge in [-0.1, -0.05) is 0 Å². The van der Waals surface area contributed by atoms with Gasteiger partial charge >= 0.3 is 11.7 Å². The summed E-state index contributed by atoms with van der Waals surface area (Å²) in [7, 11) is 0.538. The molecule has 1 heterocycles. The summed E-state index contributed by atoms with van der Waals surface area (Å²) in [5, 5.41) is 0.594. The Morgan fingerprint density at radius 3 is 2.56 bits per heavy atom. The number of amides is 1. The smallest absolute Gasteiger partial charge is 0.414 e. The maximum Gasteiger partial charge on any atom is 0.414 e. The molecule has 3 aromatic rings. The van der Waals surface area contributed by atoms with Crippen LogP contribution in [0.25, 0.3) is 11.0 Å². The lowest BCUT2D eigenvalue weighted by molar-refractivity contribution is 0.172. The Labute approximate surface area is 184 Å². The van der Waals surface area contributed by atoms with E-state index < -0.39 is 27.7 Å². The van der Waals surface area contributed by atoms with Gasteiger partial charge in [0.05, 0.1) is 5.69 Å². The zero-order valence-electron chi connectivity index (χ0n) is 17.9. The predicted molar refractivity (Wildman–Crippen MR) is 118 cm³/mol. The highest BCUT2D eigenvalue weighted by atomic mass is 32.2. The number of halogens is 1. The van der Waals surface area contributed by atoms with E-state index in [4.69, 9.17) is 9.15 Å². The third-order valence-corrected chi connectivity index (χ3v) is 5.80. The van der Waals surface area contributed by atoms with E-state index in [9.17, 15) is 22.4 Å². The first-order valence-corrected chi connectivity index (χ1v) is 10.9. The van der Waals surface area contributed by atoms with Crippen molar-refractivity contribution in [1.82, 2.24) is 9.62 Å². The van der Waals surface area contributed by atoms with E-state index in [2.05, 4.69) is 9.44 Å². The number of hydrogen-bond donors (Lipinski definition) is 2. The minimum absolute atomic E-state index is 0.109. The molecule has 32 heavy (non-hydrogen) atoms. The van der Waals surface area contributed by atoms with E-state index in [0.29, 0.717) is 10.9 Å². The average Bonchev–Trinajstić information content (AvgIpc) is 2.72. The van der Waals surface area contributed by atoms with Crippen molar-refractivity contribution in [3.8, 4) is 5.75 Å². The molecule has 0 aliphatic rings. The molecule has 1 aromatic heterocycles. The van der Waals surface area contributed by atoms with Crippen molar-refractivity contribution < 1.29 is 26.8 Å². The second-order valence-corrected chi connectivity index (χ2v) is 8.83. The number of anilines is 1. The van der Waals surface area contributed by atoms with Gasteiger partial charge in [0.15, 0.2) is 0 Å². The van der Waals surface area contributed by atoms with Crippen LogP contribution in [0, 0.1) is 12.7 Å². The van der Waals surface area contributed by atoms with Gasteiger partial charge in [0, 0.05) is 44.6 Å². The fourth-order valence-corrected chi connectivity index (χ4v) is 3.54. The van der Waals surface area contributed by atoms with Gasteiger partial charge in [-0.2, -0.15) is 8.42 Å². The molecule has 0 aliphatic carbocycles. The van der Waals surface area contributed by atoms with E-state index in [-0.39, 0.29) is 34.6 Å². The quantitative estimate of drug-likeness (QED) is 0.543. The number of nitrogens with zero attached hydrogens (tertiary/aromatic N) is 1. The summed E-state index contributed by atoms with van der Waals surface area (Å²) in [5.41, 5.74) is 0.604. The van der Waals surface area contributed by atoms with Crippen LogP contribution in [-0.4, -0.2) is 40.6 Å². The minimum atomic E-state index is -3.78. The molecule has 11 heteroatoms. The van der Waals surface area contributed by atoms with Crippen molar-refractivity contribution in [2.45, 2.75) is 13.3 Å². The number of nitrogens with one attached hydrogen (secondary N) is 2. The number of carbonyl (C=O) groups excluding carboxylic acids is 1. The average molecular weight is 463 g/mol. The van der Waals surface area contributed by atoms with Crippen LogP contribution in [0.2, 0.25) is 0 Å². The molecule has 9 nitrogen and oxygen atoms in total. The molecule has 0 atom stereocenters. The van der Waals surface area contributed by atoms with Crippen LogP contribution in [0.5, 0.6) is 5.75 Å². The summed E-state index contributed by atoms with van der Waals surface area (Å²) in [5.74, 6) is -0.385. The van der Waals surface area contributed by atoms with Crippen LogP contribution in [0.15, 0.2) is 45.6 Å². The van der Waals surface area contributed by atoms with Gasteiger partial charge in [-0.3, -0.25) is 4.72 Å². The summed E-state index contributed by atoms with van der Waals surface area (Å²) in [4.78, 5) is 25.6. The van der Waals surface area contributed by atoms with Gasteiger partial charge in [0.25, 0.3) is 10.2 Å². The van der Waals surface area contributed by atoms with E-state index in [0.717, 1.165) is 6.07 Å². The molecule has 0 aliphatic heterocycles. The third kappa shape index (κ3) is 5.06. The molecule has 2 N–H and O–H groups in total. The molecule has 0 spiro atoms. The molecule has 0 saturated carbocycles. The number of fused-ring (bicyclic) bond motifs is 1. The number of aryl methyl sites for hydroxylation is 1. The lowest BCUT2D eigenvalue weighted by Gasteiger charge is -2.13. The van der Waals surface area contributed by atoms with Crippen molar-refractivity contribution in [3.05, 3.63) is 69.3 Å². The second-order valence-electron chi connectivity index (χ2n) is 7.21. The standard InChI is InChI=1S/C21H22FN3O6S/c1-12-16-7-6-15(30-21(27)25(3)4)11-19(16)31-20(26)17(12)10-13-9-14(5-8-18(13)22)24-32(28,29)23-2/h5-9,11,23-24H,10H2,1-4H3. The molecule has 0 unspecified atom stereocenters. The van der Waals surface area contributed by atoms with Crippen LogP contribution in [0.3, 0.4) is 0 Å². The molecule has 2 aromatic carbocycles. The third-order valence-electron chi connectivity index (χ3n) is 4.76. The molecule has 0 radical (unpaired) electrons. The lowest BCUT2D eigenvalue weighted by Crippen LogP contribution is -2.26. The van der Waals surface area contributed by atoms with Gasteiger partial charge in [-0.25, -0.2) is 18.7 Å². The van der Waals surface area contributed by atoms with Crippen LogP contribution >= 0.6 is 0 Å². The molecule has 0 fully saturated rings. The largest absolute Gasteiger partial charge is 0.422 e. The first-order valence-electron chi connectivity index (χ1n) is 9.46. The summed E-state index contributed by atoms with van der Waals surface area (Å²) in [6, 6.07) is 8.35. The molecule has 0 bridgehead atoms. The van der Waals surface area contributed by atoms with Crippen molar-refractivity contribution in [2.24, 2.45) is 0 Å². The maximum absolute atomic E-state index is 14.4. The highest BCUT2D eigenvalue weighted by molar-refractivity contribution is 7.90. The summed E-state index contributed by atoms with van der Waals surface area (Å²) < 4.78 is 52.7. The molecule has 170 valence electrons. The number of rotatable bonds is 6. The predicted octanol–water partition coefficient (Wildman–Crippen LogP) is 2.77. The molecule has 3 rings (SSSR count). The fraction of sp³-hybridized carbons (Fsp3) is 0.238. The monoisotopic (exact) mass is 463 g/mol. The lowest BCUT2D eigenvalue weighted by atomic mass is 9.99. The Morgan fingerprint density at radius 2 is 1.91 bits per heavy atom. The number of hydrogen-bond acceptors (Lipinski definition) is 6. The van der Waals surface area contributed by atoms with Gasteiger partial charge in [-0.05, 0) is 48.4 Å². The van der Waals surface area contributed by atoms with E-state index in [1.165, 1.54) is 44.2 Å². The highest BCUT2D eigenvalue weighted by Gasteiger charge is 2.17. The maximum atomic E-state index is 14.4. The Hall–Kier alpha value is -3.44. The number of carbonyl (C=O) groups is 1. The van der Waals surface area contributed by atoms with Crippen LogP contribution in [0.4, 0.5) is 14.9 Å². The van der Waals surface area contributed by atoms with Crippen LogP contribution in [-0.2, 0) is 16.6 Å². The molecular weight excluding hydrogens is 441 g/mol. The van der Waals surface area contributed by atoms with Crippen molar-refractivity contribution in [2.75, 3.05) is 25.9 Å². The van der Waals surface area contributed by atoms with E-state index >= 15 is 0 Å². The van der Waals surface area contributed by atoms with E-state index in [1.54, 1.807) is 19.1 Å². The fourth-order valence-electron chi connectivity index (χ4n) is 3.00. The van der Waals surface area contributed by atoms with E-state index in [1.807, 2.05) is 0 Å². The Kier molecular flexibility index (Phi) is 6.51. The topological polar surface area (TPSA) is 118 Å². The van der Waals surface area contributed by atoms with Gasteiger partial charge in [-0.15, -0.1) is 0 Å². The van der Waals surface area contributed by atoms with Crippen molar-refractivity contribution in [1.29, 1.82) is 0 Å². The summed E-state index contributed by atoms with van der Waals surface area (Å²) in [6.45, 7) is 1.70. The Bertz CT molecular complexity index is 1350. The van der Waals surface area contributed by atoms with Crippen LogP contribution in [0.1, 0.15) is 16.7 Å². The number of ether oxygens (including phenoxy) is 1. The Morgan fingerprint density at radius 1 is 1.19 bits per heavy atom. The zero-order chi connectivity index (χ0) is 23.6. The Balaban J connectivity index is 1.98. The van der Waals surface area contributed by atoms with Gasteiger partial charge in [0.1, 0.15) is 17.1 Å². The first-order chi connectivity index (χ1) is 15.0. The SMILES string of the molecule is CNS(=O)(=O)Nc1ccc(F)c(Cc2c(C)c3ccc(OC(=O)N(C)C)cc3oc2=O)c1. The van der Waals surface area contributed by atoms with Crippen molar-refractivity contribution in [3.63, 3.8) is 0 Å². The molecular formula is C21H22FN3O6S. The highest BCUT2D eigenvalue weighted by Crippen LogP contribution is 2.26. The molecule has 1 amide bonds. The zero-order valence-corrected chi connectivity index (χ0v) is 18.7. The van der Waals surface area contributed by atoms with Crippen molar-refractivity contribution >= 4 is 33.0 Å². The van der Waals surface area contributed by atoms with Gasteiger partial charge < -0.3 is 14.1 Å². The summed E-state index contributed by atoms with van der Waals surface area (Å²) in [6.07, 6.45) is -0.688. The minimum Gasteiger partial charge on any atom is -0.422 e.